The summed E-state index contributed by atoms with van der Waals surface area (Å²) in [5.41, 5.74) is 4.32. The molecule has 0 fully saturated rings. The molecule has 0 aliphatic carbocycles. The summed E-state index contributed by atoms with van der Waals surface area (Å²) in [6, 6.07) is 13.3. The third-order valence-electron chi connectivity index (χ3n) is 3.64. The molecule has 5 nitrogen and oxygen atoms in total. The van der Waals surface area contributed by atoms with E-state index in [0.29, 0.717) is 12.1 Å². The van der Waals surface area contributed by atoms with Gasteiger partial charge in [0.1, 0.15) is 0 Å². The van der Waals surface area contributed by atoms with Gasteiger partial charge >= 0.3 is 0 Å². The molecular weight excluding hydrogens is 300 g/mol. The third-order valence-corrected chi connectivity index (χ3v) is 3.64. The largest absolute Gasteiger partial charge is 0.378 e. The van der Waals surface area contributed by atoms with E-state index in [-0.39, 0.29) is 5.91 Å². The van der Waals surface area contributed by atoms with Gasteiger partial charge in [0.15, 0.2) is 0 Å². The molecule has 2 aromatic carbocycles. The van der Waals surface area contributed by atoms with Gasteiger partial charge in [-0.3, -0.25) is 4.79 Å². The number of nitrogens with zero attached hydrogens (tertiary/aromatic N) is 2. The summed E-state index contributed by atoms with van der Waals surface area (Å²) in [7, 11) is 3.99. The van der Waals surface area contributed by atoms with Crippen LogP contribution in [0.25, 0.3) is 11.0 Å². The Morgan fingerprint density at radius 2 is 2.00 bits per heavy atom. The molecule has 5 heteroatoms. The standard InChI is InChI=1S/C19H18N4O/c1-23(2)16-8-5-14(6-9-16)4-3-11-20-19(24)15-7-10-17-18(12-15)22-13-21-17/h5-10,12-13H,11H2,1-2H3,(H,20,24)(H,21,22). The number of benzene rings is 2. The molecular formula is C19H18N4O. The Hall–Kier alpha value is -3.26. The van der Waals surface area contributed by atoms with Gasteiger partial charge in [-0.2, -0.15) is 0 Å². The van der Waals surface area contributed by atoms with Gasteiger partial charge in [-0.05, 0) is 42.5 Å². The van der Waals surface area contributed by atoms with Crippen molar-refractivity contribution in [3.8, 4) is 11.8 Å². The van der Waals surface area contributed by atoms with Gasteiger partial charge in [0, 0.05) is 30.9 Å². The Labute approximate surface area is 140 Å². The highest BCUT2D eigenvalue weighted by atomic mass is 16.1. The van der Waals surface area contributed by atoms with Gasteiger partial charge in [-0.25, -0.2) is 4.98 Å². The number of carbonyl (C=O) groups excluding carboxylic acids is 1. The van der Waals surface area contributed by atoms with Crippen LogP contribution in [0.2, 0.25) is 0 Å². The fourth-order valence-electron chi connectivity index (χ4n) is 2.29. The second-order valence-electron chi connectivity index (χ2n) is 5.56. The quantitative estimate of drug-likeness (QED) is 0.729. The van der Waals surface area contributed by atoms with Crippen molar-refractivity contribution < 1.29 is 4.79 Å². The van der Waals surface area contributed by atoms with E-state index in [1.807, 2.05) is 49.3 Å². The van der Waals surface area contributed by atoms with Crippen LogP contribution in [0.15, 0.2) is 48.8 Å². The number of aromatic amines is 1. The van der Waals surface area contributed by atoms with Crippen LogP contribution in [-0.4, -0.2) is 36.5 Å². The number of rotatable bonds is 3. The lowest BCUT2D eigenvalue weighted by Gasteiger charge is -2.11. The summed E-state index contributed by atoms with van der Waals surface area (Å²) >= 11 is 0. The van der Waals surface area contributed by atoms with Crippen LogP contribution in [0, 0.1) is 11.8 Å². The highest BCUT2D eigenvalue weighted by Gasteiger charge is 2.05. The zero-order valence-corrected chi connectivity index (χ0v) is 13.6. The van der Waals surface area contributed by atoms with Crippen molar-refractivity contribution in [2.45, 2.75) is 0 Å². The van der Waals surface area contributed by atoms with E-state index in [1.54, 1.807) is 18.5 Å². The van der Waals surface area contributed by atoms with E-state index in [4.69, 9.17) is 0 Å². The number of fused-ring (bicyclic) bond motifs is 1. The topological polar surface area (TPSA) is 61.0 Å². The number of H-pyrrole nitrogens is 1. The van der Waals surface area contributed by atoms with Gasteiger partial charge in [0.05, 0.1) is 23.9 Å². The maximum atomic E-state index is 12.1. The lowest BCUT2D eigenvalue weighted by molar-refractivity contribution is 0.0959. The fraction of sp³-hybridized carbons (Fsp3) is 0.158. The molecule has 0 aliphatic rings. The van der Waals surface area contributed by atoms with Crippen molar-refractivity contribution >= 4 is 22.6 Å². The summed E-state index contributed by atoms with van der Waals surface area (Å²) in [6.07, 6.45) is 1.61. The van der Waals surface area contributed by atoms with Crippen molar-refractivity contribution in [3.63, 3.8) is 0 Å². The zero-order valence-electron chi connectivity index (χ0n) is 13.6. The third kappa shape index (κ3) is 3.55. The summed E-state index contributed by atoms with van der Waals surface area (Å²) in [5, 5.41) is 2.80. The molecule has 0 bridgehead atoms. The first-order valence-electron chi connectivity index (χ1n) is 7.61. The first-order chi connectivity index (χ1) is 11.6. The molecule has 0 saturated heterocycles. The number of hydrogen-bond acceptors (Lipinski definition) is 3. The molecule has 1 heterocycles. The SMILES string of the molecule is CN(C)c1ccc(C#CCNC(=O)c2ccc3nc[nH]c3c2)cc1. The van der Waals surface area contributed by atoms with Gasteiger partial charge in [0.25, 0.3) is 5.91 Å². The van der Waals surface area contributed by atoms with Crippen LogP contribution >= 0.6 is 0 Å². The van der Waals surface area contributed by atoms with Gasteiger partial charge in [0.2, 0.25) is 0 Å². The fourth-order valence-corrected chi connectivity index (χ4v) is 2.29. The van der Waals surface area contributed by atoms with Crippen LogP contribution in [0.4, 0.5) is 5.69 Å². The van der Waals surface area contributed by atoms with Gasteiger partial charge < -0.3 is 15.2 Å². The van der Waals surface area contributed by atoms with E-state index >= 15 is 0 Å². The highest BCUT2D eigenvalue weighted by molar-refractivity contribution is 5.97. The molecule has 3 aromatic rings. The van der Waals surface area contributed by atoms with E-state index in [0.717, 1.165) is 22.3 Å². The van der Waals surface area contributed by atoms with Gasteiger partial charge in [-0.15, -0.1) is 0 Å². The molecule has 0 atom stereocenters. The molecule has 1 aromatic heterocycles. The lowest BCUT2D eigenvalue weighted by atomic mass is 10.2. The maximum absolute atomic E-state index is 12.1. The lowest BCUT2D eigenvalue weighted by Crippen LogP contribution is -2.23. The number of hydrogen-bond donors (Lipinski definition) is 2. The average molecular weight is 318 g/mol. The van der Waals surface area contributed by atoms with Crippen LogP contribution in [0.1, 0.15) is 15.9 Å². The average Bonchev–Trinajstić information content (AvgIpc) is 3.06. The number of carbonyl (C=O) groups is 1. The monoisotopic (exact) mass is 318 g/mol. The minimum Gasteiger partial charge on any atom is -0.378 e. The van der Waals surface area contributed by atoms with Crippen LogP contribution < -0.4 is 10.2 Å². The predicted molar refractivity (Wildman–Crippen MR) is 96.1 cm³/mol. The Bertz CT molecular complexity index is 914. The van der Waals surface area contributed by atoms with E-state index in [2.05, 4.69) is 27.1 Å². The van der Waals surface area contributed by atoms with Gasteiger partial charge in [-0.1, -0.05) is 11.8 Å². The molecule has 0 aliphatic heterocycles. The minimum atomic E-state index is -0.149. The number of imidazole rings is 1. The van der Waals surface area contributed by atoms with Crippen molar-refractivity contribution in [2.75, 3.05) is 25.5 Å². The summed E-state index contributed by atoms with van der Waals surface area (Å²) < 4.78 is 0. The van der Waals surface area contributed by atoms with Crippen molar-refractivity contribution in [2.24, 2.45) is 0 Å². The Morgan fingerprint density at radius 3 is 2.75 bits per heavy atom. The number of anilines is 1. The molecule has 120 valence electrons. The van der Waals surface area contributed by atoms with Crippen LogP contribution in [-0.2, 0) is 0 Å². The Morgan fingerprint density at radius 1 is 1.21 bits per heavy atom. The molecule has 1 amide bonds. The normalized spacial score (nSPS) is 10.1. The Balaban J connectivity index is 1.58. The molecule has 2 N–H and O–H groups in total. The number of amides is 1. The molecule has 24 heavy (non-hydrogen) atoms. The minimum absolute atomic E-state index is 0.149. The van der Waals surface area contributed by atoms with E-state index in [1.165, 1.54) is 0 Å². The van der Waals surface area contributed by atoms with E-state index in [9.17, 15) is 4.79 Å². The Kier molecular flexibility index (Phi) is 4.48. The second-order valence-corrected chi connectivity index (χ2v) is 5.56. The first-order valence-corrected chi connectivity index (χ1v) is 7.61. The summed E-state index contributed by atoms with van der Waals surface area (Å²) in [6.45, 7) is 0.301. The second kappa shape index (κ2) is 6.88. The molecule has 0 spiro atoms. The number of nitrogens with one attached hydrogen (secondary N) is 2. The van der Waals surface area contributed by atoms with Crippen molar-refractivity contribution in [1.82, 2.24) is 15.3 Å². The molecule has 0 radical (unpaired) electrons. The first kappa shape index (κ1) is 15.6. The molecule has 0 saturated carbocycles. The molecule has 0 unspecified atom stereocenters. The maximum Gasteiger partial charge on any atom is 0.252 e. The van der Waals surface area contributed by atoms with Crippen molar-refractivity contribution in [1.29, 1.82) is 0 Å². The smallest absolute Gasteiger partial charge is 0.252 e. The zero-order chi connectivity index (χ0) is 16.9. The molecule has 3 rings (SSSR count). The number of aromatic nitrogens is 2. The summed E-state index contributed by atoms with van der Waals surface area (Å²) in [4.78, 5) is 21.3. The summed E-state index contributed by atoms with van der Waals surface area (Å²) in [5.74, 6) is 5.86. The highest BCUT2D eigenvalue weighted by Crippen LogP contribution is 2.12. The van der Waals surface area contributed by atoms with Crippen LogP contribution in [0.3, 0.4) is 0 Å². The predicted octanol–water partition coefficient (Wildman–Crippen LogP) is 2.41. The van der Waals surface area contributed by atoms with E-state index < -0.39 is 0 Å². The van der Waals surface area contributed by atoms with Crippen LogP contribution in [0.5, 0.6) is 0 Å². The van der Waals surface area contributed by atoms with Crippen molar-refractivity contribution in [3.05, 3.63) is 59.9 Å².